The van der Waals surface area contributed by atoms with Crippen LogP contribution in [0.5, 0.6) is 5.75 Å². The molecule has 1 N–H and O–H groups in total. The quantitative estimate of drug-likeness (QED) is 0.919. The average molecular weight is 322 g/mol. The second-order valence-electron chi connectivity index (χ2n) is 4.05. The normalized spacial score (nSPS) is 12.2. The lowest BCUT2D eigenvalue weighted by Crippen LogP contribution is -2.22. The first-order chi connectivity index (χ1) is 9.26. The topological polar surface area (TPSA) is 47.0 Å². The molecule has 0 fully saturated rings. The SMILES string of the molecule is CCNC(c1cncnc1)c1ccc(Br)cc1OC. The maximum absolute atomic E-state index is 5.46. The number of hydrogen-bond donors (Lipinski definition) is 1. The highest BCUT2D eigenvalue weighted by molar-refractivity contribution is 9.10. The van der Waals surface area contributed by atoms with Crippen LogP contribution >= 0.6 is 15.9 Å². The lowest BCUT2D eigenvalue weighted by Gasteiger charge is -2.20. The van der Waals surface area contributed by atoms with Gasteiger partial charge in [0.1, 0.15) is 12.1 Å². The summed E-state index contributed by atoms with van der Waals surface area (Å²) in [4.78, 5) is 8.17. The van der Waals surface area contributed by atoms with Crippen molar-refractivity contribution in [2.45, 2.75) is 13.0 Å². The molecule has 1 aromatic carbocycles. The van der Waals surface area contributed by atoms with Crippen LogP contribution in [0.25, 0.3) is 0 Å². The van der Waals surface area contributed by atoms with Crippen LogP contribution in [0.15, 0.2) is 41.4 Å². The zero-order chi connectivity index (χ0) is 13.7. The molecule has 1 aromatic heterocycles. The van der Waals surface area contributed by atoms with E-state index in [9.17, 15) is 0 Å². The Balaban J connectivity index is 2.45. The molecule has 0 saturated carbocycles. The van der Waals surface area contributed by atoms with Crippen molar-refractivity contribution < 1.29 is 4.74 Å². The molecule has 4 nitrogen and oxygen atoms in total. The first-order valence-corrected chi connectivity index (χ1v) is 6.87. The molecular weight excluding hydrogens is 306 g/mol. The van der Waals surface area contributed by atoms with Gasteiger partial charge in [-0.2, -0.15) is 0 Å². The van der Waals surface area contributed by atoms with Crippen LogP contribution in [0.4, 0.5) is 0 Å². The van der Waals surface area contributed by atoms with Crippen molar-refractivity contribution in [2.24, 2.45) is 0 Å². The second-order valence-corrected chi connectivity index (χ2v) is 4.96. The van der Waals surface area contributed by atoms with E-state index in [0.717, 1.165) is 27.9 Å². The number of nitrogens with zero attached hydrogens (tertiary/aromatic N) is 2. The van der Waals surface area contributed by atoms with Gasteiger partial charge in [0.2, 0.25) is 0 Å². The van der Waals surface area contributed by atoms with Crippen LogP contribution in [-0.2, 0) is 0 Å². The highest BCUT2D eigenvalue weighted by atomic mass is 79.9. The number of nitrogens with one attached hydrogen (secondary N) is 1. The third-order valence-electron chi connectivity index (χ3n) is 2.83. The standard InChI is InChI=1S/C14H16BrN3O/c1-3-18-14(10-7-16-9-17-8-10)12-5-4-11(15)6-13(12)19-2/h4-9,14,18H,3H2,1-2H3. The summed E-state index contributed by atoms with van der Waals surface area (Å²) in [5, 5.41) is 3.43. The Morgan fingerprint density at radius 2 is 2.05 bits per heavy atom. The van der Waals surface area contributed by atoms with E-state index in [4.69, 9.17) is 4.74 Å². The Hall–Kier alpha value is -1.46. The van der Waals surface area contributed by atoms with Gasteiger partial charge < -0.3 is 10.1 Å². The fourth-order valence-electron chi connectivity index (χ4n) is 1.99. The first kappa shape index (κ1) is 14.0. The van der Waals surface area contributed by atoms with E-state index in [1.807, 2.05) is 30.6 Å². The monoisotopic (exact) mass is 321 g/mol. The Kier molecular flexibility index (Phi) is 4.87. The van der Waals surface area contributed by atoms with Gasteiger partial charge in [0.25, 0.3) is 0 Å². The number of benzene rings is 1. The van der Waals surface area contributed by atoms with Crippen LogP contribution in [0.2, 0.25) is 0 Å². The van der Waals surface area contributed by atoms with Gasteiger partial charge in [-0.1, -0.05) is 28.9 Å². The van der Waals surface area contributed by atoms with Crippen molar-refractivity contribution in [3.05, 3.63) is 52.5 Å². The van der Waals surface area contributed by atoms with Crippen LogP contribution < -0.4 is 10.1 Å². The molecule has 0 bridgehead atoms. The molecule has 0 saturated heterocycles. The maximum atomic E-state index is 5.46. The minimum atomic E-state index is 0.0225. The van der Waals surface area contributed by atoms with Gasteiger partial charge in [-0.3, -0.25) is 0 Å². The van der Waals surface area contributed by atoms with Crippen molar-refractivity contribution in [3.8, 4) is 5.75 Å². The highest BCUT2D eigenvalue weighted by Gasteiger charge is 2.18. The summed E-state index contributed by atoms with van der Waals surface area (Å²) in [6, 6.07) is 6.04. The van der Waals surface area contributed by atoms with E-state index in [2.05, 4.69) is 38.1 Å². The molecule has 2 aromatic rings. The zero-order valence-corrected chi connectivity index (χ0v) is 12.5. The van der Waals surface area contributed by atoms with Gasteiger partial charge in [-0.05, 0) is 18.7 Å². The average Bonchev–Trinajstić information content (AvgIpc) is 2.46. The highest BCUT2D eigenvalue weighted by Crippen LogP contribution is 2.31. The Morgan fingerprint density at radius 1 is 1.32 bits per heavy atom. The van der Waals surface area contributed by atoms with Gasteiger partial charge in [0, 0.05) is 28.0 Å². The summed E-state index contributed by atoms with van der Waals surface area (Å²) >= 11 is 3.46. The van der Waals surface area contributed by atoms with Crippen LogP contribution in [0.1, 0.15) is 24.1 Å². The van der Waals surface area contributed by atoms with E-state index in [1.165, 1.54) is 6.33 Å². The van der Waals surface area contributed by atoms with Gasteiger partial charge in [0.15, 0.2) is 0 Å². The van der Waals surface area contributed by atoms with Crippen molar-refractivity contribution >= 4 is 15.9 Å². The van der Waals surface area contributed by atoms with E-state index in [-0.39, 0.29) is 6.04 Å². The molecular formula is C14H16BrN3O. The summed E-state index contributed by atoms with van der Waals surface area (Å²) in [5.74, 6) is 0.837. The number of halogens is 1. The van der Waals surface area contributed by atoms with Crippen molar-refractivity contribution in [3.63, 3.8) is 0 Å². The minimum absolute atomic E-state index is 0.0225. The van der Waals surface area contributed by atoms with Crippen molar-refractivity contribution in [1.82, 2.24) is 15.3 Å². The van der Waals surface area contributed by atoms with Crippen LogP contribution in [-0.4, -0.2) is 23.6 Å². The predicted molar refractivity (Wildman–Crippen MR) is 78.2 cm³/mol. The summed E-state index contributed by atoms with van der Waals surface area (Å²) in [5.41, 5.74) is 2.09. The lowest BCUT2D eigenvalue weighted by atomic mass is 10.00. The van der Waals surface area contributed by atoms with E-state index in [0.29, 0.717) is 0 Å². The largest absolute Gasteiger partial charge is 0.496 e. The summed E-state index contributed by atoms with van der Waals surface area (Å²) < 4.78 is 6.46. The Morgan fingerprint density at radius 3 is 2.68 bits per heavy atom. The molecule has 0 aliphatic carbocycles. The van der Waals surface area contributed by atoms with E-state index in [1.54, 1.807) is 7.11 Å². The third-order valence-corrected chi connectivity index (χ3v) is 3.32. The lowest BCUT2D eigenvalue weighted by molar-refractivity contribution is 0.404. The Labute approximate surface area is 121 Å². The van der Waals surface area contributed by atoms with Gasteiger partial charge in [-0.25, -0.2) is 9.97 Å². The number of ether oxygens (including phenoxy) is 1. The minimum Gasteiger partial charge on any atom is -0.496 e. The van der Waals surface area contributed by atoms with Gasteiger partial charge >= 0.3 is 0 Å². The van der Waals surface area contributed by atoms with Crippen molar-refractivity contribution in [2.75, 3.05) is 13.7 Å². The molecule has 2 rings (SSSR count). The maximum Gasteiger partial charge on any atom is 0.125 e. The molecule has 0 radical (unpaired) electrons. The third kappa shape index (κ3) is 3.30. The molecule has 0 aliphatic rings. The number of methoxy groups -OCH3 is 1. The molecule has 0 aliphatic heterocycles. The fraction of sp³-hybridized carbons (Fsp3) is 0.286. The van der Waals surface area contributed by atoms with E-state index < -0.39 is 0 Å². The molecule has 5 heteroatoms. The molecule has 1 unspecified atom stereocenters. The molecule has 1 atom stereocenters. The molecule has 0 amide bonds. The zero-order valence-electron chi connectivity index (χ0n) is 10.9. The first-order valence-electron chi connectivity index (χ1n) is 6.08. The second kappa shape index (κ2) is 6.63. The summed E-state index contributed by atoms with van der Waals surface area (Å²) in [6.07, 6.45) is 5.18. The summed E-state index contributed by atoms with van der Waals surface area (Å²) in [6.45, 7) is 2.92. The number of rotatable bonds is 5. The Bertz CT molecular complexity index is 533. The predicted octanol–water partition coefficient (Wildman–Crippen LogP) is 2.95. The van der Waals surface area contributed by atoms with Crippen LogP contribution in [0, 0.1) is 0 Å². The molecule has 1 heterocycles. The summed E-state index contributed by atoms with van der Waals surface area (Å²) in [7, 11) is 1.68. The molecule has 0 spiro atoms. The molecule has 19 heavy (non-hydrogen) atoms. The van der Waals surface area contributed by atoms with Gasteiger partial charge in [0.05, 0.1) is 13.2 Å². The number of hydrogen-bond acceptors (Lipinski definition) is 4. The fourth-order valence-corrected chi connectivity index (χ4v) is 2.33. The number of aromatic nitrogens is 2. The van der Waals surface area contributed by atoms with Gasteiger partial charge in [-0.15, -0.1) is 0 Å². The van der Waals surface area contributed by atoms with Crippen molar-refractivity contribution in [1.29, 1.82) is 0 Å². The van der Waals surface area contributed by atoms with Crippen LogP contribution in [0.3, 0.4) is 0 Å². The smallest absolute Gasteiger partial charge is 0.125 e. The molecule has 100 valence electrons. The van der Waals surface area contributed by atoms with E-state index >= 15 is 0 Å².